The molecule has 0 saturated heterocycles. The van der Waals surface area contributed by atoms with Crippen LogP contribution in [0, 0.1) is 0 Å². The monoisotopic (exact) mass is 260 g/mol. The van der Waals surface area contributed by atoms with Crippen LogP contribution < -0.4 is 10.9 Å². The zero-order chi connectivity index (χ0) is 13.7. The number of amides is 1. The van der Waals surface area contributed by atoms with Crippen LogP contribution in [0.25, 0.3) is 0 Å². The highest BCUT2D eigenvalue weighted by molar-refractivity contribution is 5.92. The third-order valence-electron chi connectivity index (χ3n) is 2.69. The lowest BCUT2D eigenvalue weighted by Crippen LogP contribution is -2.27. The molecule has 2 aromatic heterocycles. The van der Waals surface area contributed by atoms with Crippen molar-refractivity contribution < 1.29 is 4.79 Å². The van der Waals surface area contributed by atoms with Crippen molar-refractivity contribution in [1.82, 2.24) is 19.9 Å². The Hall–Kier alpha value is -2.37. The minimum absolute atomic E-state index is 0.251. The number of imidazole rings is 1. The molecule has 0 aliphatic rings. The Labute approximate surface area is 110 Å². The topological polar surface area (TPSA) is 79.8 Å². The van der Waals surface area contributed by atoms with Crippen LogP contribution in [-0.2, 0) is 13.1 Å². The van der Waals surface area contributed by atoms with Crippen molar-refractivity contribution in [1.29, 1.82) is 0 Å². The van der Waals surface area contributed by atoms with Crippen LogP contribution in [0.5, 0.6) is 0 Å². The number of nitrogens with zero attached hydrogens (tertiary/aromatic N) is 2. The third kappa shape index (κ3) is 3.31. The molecule has 0 radical (unpaired) electrons. The molecule has 0 spiro atoms. The van der Waals surface area contributed by atoms with Gasteiger partial charge in [0.2, 0.25) is 5.56 Å². The smallest absolute Gasteiger partial charge is 0.268 e. The molecule has 0 atom stereocenters. The minimum Gasteiger partial charge on any atom is -0.344 e. The zero-order valence-corrected chi connectivity index (χ0v) is 10.7. The van der Waals surface area contributed by atoms with E-state index in [-0.39, 0.29) is 17.2 Å². The molecule has 1 amide bonds. The molecule has 0 aliphatic carbocycles. The van der Waals surface area contributed by atoms with Gasteiger partial charge in [-0.3, -0.25) is 9.59 Å². The van der Waals surface area contributed by atoms with E-state index in [1.807, 2.05) is 10.8 Å². The second-order valence-corrected chi connectivity index (χ2v) is 4.15. The van der Waals surface area contributed by atoms with Gasteiger partial charge in [-0.2, -0.15) is 0 Å². The first kappa shape index (κ1) is 13.1. The van der Waals surface area contributed by atoms with Crippen LogP contribution in [0.2, 0.25) is 0 Å². The summed E-state index contributed by atoms with van der Waals surface area (Å²) in [5.41, 5.74) is -0.0405. The van der Waals surface area contributed by atoms with E-state index in [4.69, 9.17) is 0 Å². The predicted molar refractivity (Wildman–Crippen MR) is 70.8 cm³/mol. The van der Waals surface area contributed by atoms with Crippen molar-refractivity contribution in [3.05, 3.63) is 52.5 Å². The molecular weight excluding hydrogens is 244 g/mol. The van der Waals surface area contributed by atoms with Crippen LogP contribution in [0.15, 0.2) is 35.4 Å². The standard InChI is InChI=1S/C13H16N4O2/c1-2-7-17-8-6-14-11(17)9-15-13(19)10-4-3-5-12(18)16-10/h3-6,8H,2,7,9H2,1H3,(H,15,19)(H,16,18). The highest BCUT2D eigenvalue weighted by atomic mass is 16.2. The number of hydrogen-bond acceptors (Lipinski definition) is 3. The second kappa shape index (κ2) is 5.99. The Bertz CT molecular complexity index is 615. The van der Waals surface area contributed by atoms with E-state index in [2.05, 4.69) is 22.2 Å². The maximum absolute atomic E-state index is 11.8. The fourth-order valence-electron chi connectivity index (χ4n) is 1.79. The number of hydrogen-bond donors (Lipinski definition) is 2. The molecule has 2 rings (SSSR count). The highest BCUT2D eigenvalue weighted by Crippen LogP contribution is 1.99. The summed E-state index contributed by atoms with van der Waals surface area (Å²) in [6.45, 7) is 3.28. The first-order valence-electron chi connectivity index (χ1n) is 6.18. The third-order valence-corrected chi connectivity index (χ3v) is 2.69. The molecule has 0 unspecified atom stereocenters. The Morgan fingerprint density at radius 3 is 3.05 bits per heavy atom. The second-order valence-electron chi connectivity index (χ2n) is 4.15. The summed E-state index contributed by atoms with van der Waals surface area (Å²) in [6.07, 6.45) is 4.60. The van der Waals surface area contributed by atoms with Crippen molar-refractivity contribution in [2.24, 2.45) is 0 Å². The maximum atomic E-state index is 11.8. The molecule has 19 heavy (non-hydrogen) atoms. The van der Waals surface area contributed by atoms with Crippen LogP contribution in [-0.4, -0.2) is 20.4 Å². The fraction of sp³-hybridized carbons (Fsp3) is 0.308. The number of pyridine rings is 1. The summed E-state index contributed by atoms with van der Waals surface area (Å²) >= 11 is 0. The van der Waals surface area contributed by atoms with Gasteiger partial charge in [-0.25, -0.2) is 4.98 Å². The van der Waals surface area contributed by atoms with Crippen molar-refractivity contribution in [2.75, 3.05) is 0 Å². The lowest BCUT2D eigenvalue weighted by atomic mass is 10.3. The summed E-state index contributed by atoms with van der Waals surface area (Å²) in [5.74, 6) is 0.484. The van der Waals surface area contributed by atoms with Crippen molar-refractivity contribution >= 4 is 5.91 Å². The van der Waals surface area contributed by atoms with Crippen LogP contribution in [0.1, 0.15) is 29.7 Å². The Morgan fingerprint density at radius 2 is 2.32 bits per heavy atom. The molecule has 2 aromatic rings. The Balaban J connectivity index is 2.00. The van der Waals surface area contributed by atoms with Crippen molar-refractivity contribution in [3.63, 3.8) is 0 Å². The molecular formula is C13H16N4O2. The minimum atomic E-state index is -0.316. The van der Waals surface area contributed by atoms with Gasteiger partial charge < -0.3 is 14.9 Å². The predicted octanol–water partition coefficient (Wildman–Crippen LogP) is 0.911. The highest BCUT2D eigenvalue weighted by Gasteiger charge is 2.08. The van der Waals surface area contributed by atoms with E-state index in [1.165, 1.54) is 6.07 Å². The summed E-state index contributed by atoms with van der Waals surface area (Å²) < 4.78 is 1.99. The summed E-state index contributed by atoms with van der Waals surface area (Å²) in [6, 6.07) is 4.48. The summed E-state index contributed by atoms with van der Waals surface area (Å²) in [4.78, 5) is 29.6. The lowest BCUT2D eigenvalue weighted by molar-refractivity contribution is 0.0944. The number of rotatable bonds is 5. The number of nitrogens with one attached hydrogen (secondary N) is 2. The van der Waals surface area contributed by atoms with Crippen molar-refractivity contribution in [3.8, 4) is 0 Å². The maximum Gasteiger partial charge on any atom is 0.268 e. The molecule has 0 bridgehead atoms. The molecule has 6 nitrogen and oxygen atoms in total. The van der Waals surface area contributed by atoms with E-state index in [9.17, 15) is 9.59 Å². The largest absolute Gasteiger partial charge is 0.344 e. The van der Waals surface area contributed by atoms with E-state index < -0.39 is 0 Å². The molecule has 0 fully saturated rings. The van der Waals surface area contributed by atoms with Gasteiger partial charge in [0.1, 0.15) is 11.5 Å². The van der Waals surface area contributed by atoms with Gasteiger partial charge in [0.15, 0.2) is 0 Å². The molecule has 0 saturated carbocycles. The first-order chi connectivity index (χ1) is 9.20. The molecule has 2 N–H and O–H groups in total. The fourth-order valence-corrected chi connectivity index (χ4v) is 1.79. The van der Waals surface area contributed by atoms with Gasteiger partial charge >= 0.3 is 0 Å². The number of carbonyl (C=O) groups is 1. The number of aryl methyl sites for hydroxylation is 1. The van der Waals surface area contributed by atoms with E-state index >= 15 is 0 Å². The van der Waals surface area contributed by atoms with Crippen LogP contribution in [0.4, 0.5) is 0 Å². The average molecular weight is 260 g/mol. The van der Waals surface area contributed by atoms with Gasteiger partial charge in [0.25, 0.3) is 5.91 Å². The van der Waals surface area contributed by atoms with Gasteiger partial charge in [0.05, 0.1) is 6.54 Å². The average Bonchev–Trinajstić information content (AvgIpc) is 2.84. The van der Waals surface area contributed by atoms with Crippen molar-refractivity contribution in [2.45, 2.75) is 26.4 Å². The summed E-state index contributed by atoms with van der Waals surface area (Å²) in [7, 11) is 0. The number of H-pyrrole nitrogens is 1. The number of aromatic amines is 1. The van der Waals surface area contributed by atoms with Gasteiger partial charge in [-0.15, -0.1) is 0 Å². The SMILES string of the molecule is CCCn1ccnc1CNC(=O)c1cccc(=O)[nH]1. The van der Waals surface area contributed by atoms with E-state index in [0.717, 1.165) is 18.8 Å². The normalized spacial score (nSPS) is 10.4. The molecule has 0 aromatic carbocycles. The van der Waals surface area contributed by atoms with Gasteiger partial charge in [-0.05, 0) is 12.5 Å². The van der Waals surface area contributed by atoms with Gasteiger partial charge in [0, 0.05) is 25.0 Å². The van der Waals surface area contributed by atoms with E-state index in [1.54, 1.807) is 18.3 Å². The van der Waals surface area contributed by atoms with Crippen LogP contribution >= 0.6 is 0 Å². The summed E-state index contributed by atoms with van der Waals surface area (Å²) in [5, 5.41) is 2.73. The molecule has 6 heteroatoms. The number of aromatic nitrogens is 3. The Kier molecular flexibility index (Phi) is 4.12. The van der Waals surface area contributed by atoms with Crippen LogP contribution in [0.3, 0.4) is 0 Å². The van der Waals surface area contributed by atoms with E-state index in [0.29, 0.717) is 6.54 Å². The quantitative estimate of drug-likeness (QED) is 0.838. The molecule has 100 valence electrons. The number of carbonyl (C=O) groups excluding carboxylic acids is 1. The Morgan fingerprint density at radius 1 is 1.47 bits per heavy atom. The molecule has 2 heterocycles. The van der Waals surface area contributed by atoms with Gasteiger partial charge in [-0.1, -0.05) is 13.0 Å². The zero-order valence-electron chi connectivity index (χ0n) is 10.7. The first-order valence-corrected chi connectivity index (χ1v) is 6.18. The molecule has 0 aliphatic heterocycles. The lowest BCUT2D eigenvalue weighted by Gasteiger charge is -2.07.